The van der Waals surface area contributed by atoms with Gasteiger partial charge in [-0.3, -0.25) is 19.9 Å². The Labute approximate surface area is 377 Å². The van der Waals surface area contributed by atoms with Crippen molar-refractivity contribution in [3.8, 4) is 28.2 Å². The first-order chi connectivity index (χ1) is 32.3. The van der Waals surface area contributed by atoms with Gasteiger partial charge >= 0.3 is 0 Å². The first-order valence-electron chi connectivity index (χ1n) is 21.6. The van der Waals surface area contributed by atoms with Crippen LogP contribution in [0.15, 0.2) is 189 Å². The monoisotopic (exact) mass is 865 g/mol. The molecule has 0 aliphatic rings. The summed E-state index contributed by atoms with van der Waals surface area (Å²) in [6.07, 6.45) is 11.5. The highest BCUT2D eigenvalue weighted by atomic mass is 32.1. The van der Waals surface area contributed by atoms with Crippen LogP contribution in [0.4, 0.5) is 0 Å². The normalized spacial score (nSPS) is 12.3. The van der Waals surface area contributed by atoms with E-state index in [1.54, 1.807) is 0 Å². The molecule has 9 heterocycles. The van der Waals surface area contributed by atoms with E-state index in [9.17, 15) is 0 Å². The summed E-state index contributed by atoms with van der Waals surface area (Å²) in [5, 5.41) is 9.41. The number of hydrogen-bond acceptors (Lipinski definition) is 6. The van der Waals surface area contributed by atoms with Crippen molar-refractivity contribution in [2.75, 3.05) is 0 Å². The molecule has 9 aromatic heterocycles. The third-order valence-corrected chi connectivity index (χ3v) is 15.8. The van der Waals surface area contributed by atoms with Crippen molar-refractivity contribution in [3.05, 3.63) is 189 Å². The summed E-state index contributed by atoms with van der Waals surface area (Å²) >= 11 is 3.72. The minimum Gasteiger partial charge on any atom is -0.308 e. The molecule has 0 unspecified atom stereocenters. The molecule has 6 aromatic carbocycles. The number of hydrogen-bond donors (Lipinski definition) is 0. The van der Waals surface area contributed by atoms with Gasteiger partial charge in [0.2, 0.25) is 0 Å². The van der Waals surface area contributed by atoms with Crippen LogP contribution in [0, 0.1) is 0 Å². The highest BCUT2D eigenvalue weighted by Crippen LogP contribution is 2.47. The Kier molecular flexibility index (Phi) is 7.13. The molecule has 7 nitrogen and oxygen atoms in total. The fourth-order valence-corrected chi connectivity index (χ4v) is 13.0. The molecule has 0 spiro atoms. The van der Waals surface area contributed by atoms with Gasteiger partial charge in [-0.05, 0) is 96.1 Å². The van der Waals surface area contributed by atoms with Gasteiger partial charge in [0, 0.05) is 85.0 Å². The molecule has 0 saturated carbocycles. The van der Waals surface area contributed by atoms with E-state index in [-0.39, 0.29) is 0 Å². The van der Waals surface area contributed by atoms with Crippen molar-refractivity contribution in [1.29, 1.82) is 0 Å². The largest absolute Gasteiger partial charge is 0.308 e. The molecule has 0 bridgehead atoms. The van der Waals surface area contributed by atoms with Crippen LogP contribution in [0.5, 0.6) is 0 Å². The SMILES string of the molecule is c1cc(-n2c3ccncc3c3cnccc32)c2sc3ccc(-c4cc(-n5c6ccccc6c6ncccc65)c5sc6c(-n7c8ccccc8c8ncccc87)cccc6c5c4)cc3c2c1. The van der Waals surface area contributed by atoms with E-state index in [0.29, 0.717) is 0 Å². The van der Waals surface area contributed by atoms with E-state index in [4.69, 9.17) is 9.97 Å². The zero-order chi connectivity index (χ0) is 42.3. The third-order valence-electron chi connectivity index (χ3n) is 13.3. The van der Waals surface area contributed by atoms with Crippen LogP contribution in [0.3, 0.4) is 0 Å². The molecule has 15 rings (SSSR count). The minimum absolute atomic E-state index is 0.999. The van der Waals surface area contributed by atoms with Gasteiger partial charge in [-0.25, -0.2) is 0 Å². The van der Waals surface area contributed by atoms with E-state index in [2.05, 4.69) is 169 Å². The van der Waals surface area contributed by atoms with Crippen LogP contribution in [0.1, 0.15) is 0 Å². The number of nitrogens with zero attached hydrogens (tertiary/aromatic N) is 7. The topological polar surface area (TPSA) is 66.3 Å². The van der Waals surface area contributed by atoms with Crippen molar-refractivity contribution >= 4 is 129 Å². The van der Waals surface area contributed by atoms with Gasteiger partial charge in [-0.1, -0.05) is 66.7 Å². The third kappa shape index (κ3) is 4.82. The Morgan fingerprint density at radius 2 is 0.831 bits per heavy atom. The summed E-state index contributed by atoms with van der Waals surface area (Å²) in [5.74, 6) is 0. The van der Waals surface area contributed by atoms with Crippen molar-refractivity contribution < 1.29 is 0 Å². The van der Waals surface area contributed by atoms with Crippen LogP contribution in [-0.2, 0) is 0 Å². The zero-order valence-corrected chi connectivity index (χ0v) is 36.0. The molecular weight excluding hydrogens is 835 g/mol. The van der Waals surface area contributed by atoms with Crippen molar-refractivity contribution in [3.63, 3.8) is 0 Å². The molecule has 0 saturated heterocycles. The van der Waals surface area contributed by atoms with E-state index >= 15 is 0 Å². The lowest BCUT2D eigenvalue weighted by Gasteiger charge is -2.13. The maximum absolute atomic E-state index is 4.95. The molecule has 0 radical (unpaired) electrons. The van der Waals surface area contributed by atoms with E-state index < -0.39 is 0 Å². The maximum atomic E-state index is 4.95. The fourth-order valence-electron chi connectivity index (χ4n) is 10.6. The van der Waals surface area contributed by atoms with Gasteiger partial charge in [-0.15, -0.1) is 22.7 Å². The van der Waals surface area contributed by atoms with Crippen LogP contribution in [-0.4, -0.2) is 33.6 Å². The summed E-state index contributed by atoms with van der Waals surface area (Å²) in [4.78, 5) is 18.8. The molecule has 0 atom stereocenters. The molecule has 0 aliphatic heterocycles. The molecule has 0 amide bonds. The number of aromatic nitrogens is 7. The molecule has 15 aromatic rings. The second kappa shape index (κ2) is 13.2. The number of thiophene rings is 2. The molecule has 0 aliphatic carbocycles. The van der Waals surface area contributed by atoms with Crippen LogP contribution in [0.2, 0.25) is 0 Å². The van der Waals surface area contributed by atoms with Gasteiger partial charge in [0.15, 0.2) is 0 Å². The van der Waals surface area contributed by atoms with Gasteiger partial charge < -0.3 is 13.7 Å². The lowest BCUT2D eigenvalue weighted by atomic mass is 9.99. The molecule has 0 N–H and O–H groups in total. The summed E-state index contributed by atoms with van der Waals surface area (Å²) in [7, 11) is 0. The predicted octanol–water partition coefficient (Wildman–Crippen LogP) is 15.0. The minimum atomic E-state index is 0.999. The average molecular weight is 866 g/mol. The summed E-state index contributed by atoms with van der Waals surface area (Å²) < 4.78 is 12.2. The first kappa shape index (κ1) is 35.2. The van der Waals surface area contributed by atoms with Gasteiger partial charge in [0.25, 0.3) is 0 Å². The van der Waals surface area contributed by atoms with Crippen molar-refractivity contribution in [1.82, 2.24) is 33.6 Å². The summed E-state index contributed by atoms with van der Waals surface area (Å²) in [5.41, 5.74) is 14.5. The van der Waals surface area contributed by atoms with E-state index in [1.807, 2.05) is 65.9 Å². The molecule has 302 valence electrons. The number of fused-ring (bicyclic) bond motifs is 15. The summed E-state index contributed by atoms with van der Waals surface area (Å²) in [6, 6.07) is 55.3. The standard InChI is InChI=1S/C56H31N7S2/c1-3-13-42-36(9-1)52-46(17-7-23-59-52)62(42)49-16-6-12-35-39-28-33(29-50(56(39)65-55(35)49)63-43-14-4-2-10-37(43)53-47(63)18-8-24-60-53)32-19-20-51-38(27-32)34-11-5-15-48(54(34)64-51)61-44-21-25-57-30-40(44)41-31-58-26-22-45(41)61/h1-31H. The highest BCUT2D eigenvalue weighted by molar-refractivity contribution is 7.27. The smallest absolute Gasteiger partial charge is 0.0963 e. The summed E-state index contributed by atoms with van der Waals surface area (Å²) in [6.45, 7) is 0. The van der Waals surface area contributed by atoms with Crippen molar-refractivity contribution in [2.24, 2.45) is 0 Å². The van der Waals surface area contributed by atoms with Crippen LogP contribution in [0.25, 0.3) is 134 Å². The lowest BCUT2D eigenvalue weighted by molar-refractivity contribution is 1.19. The van der Waals surface area contributed by atoms with Crippen LogP contribution >= 0.6 is 22.7 Å². The number of pyridine rings is 4. The molecule has 0 fully saturated rings. The first-order valence-corrected chi connectivity index (χ1v) is 23.2. The van der Waals surface area contributed by atoms with Crippen molar-refractivity contribution in [2.45, 2.75) is 0 Å². The zero-order valence-electron chi connectivity index (χ0n) is 34.3. The van der Waals surface area contributed by atoms with E-state index in [1.165, 1.54) is 45.9 Å². The van der Waals surface area contributed by atoms with E-state index in [0.717, 1.165) is 88.3 Å². The number of benzene rings is 6. The second-order valence-corrected chi connectivity index (χ2v) is 18.7. The van der Waals surface area contributed by atoms with Gasteiger partial charge in [0.1, 0.15) is 0 Å². The van der Waals surface area contributed by atoms with Crippen LogP contribution < -0.4 is 0 Å². The quantitative estimate of drug-likeness (QED) is 0.177. The second-order valence-electron chi connectivity index (χ2n) is 16.7. The maximum Gasteiger partial charge on any atom is 0.0963 e. The Morgan fingerprint density at radius 3 is 1.49 bits per heavy atom. The van der Waals surface area contributed by atoms with Gasteiger partial charge in [-0.2, -0.15) is 0 Å². The molecule has 65 heavy (non-hydrogen) atoms. The average Bonchev–Trinajstić information content (AvgIpc) is 4.18. The molecule has 9 heteroatoms. The Morgan fingerprint density at radius 1 is 0.323 bits per heavy atom. The highest BCUT2D eigenvalue weighted by Gasteiger charge is 2.23. The molecular formula is C56H31N7S2. The fraction of sp³-hybridized carbons (Fsp3) is 0. The Balaban J connectivity index is 1.01. The Bertz CT molecular complexity index is 4350. The number of para-hydroxylation sites is 2. The number of rotatable bonds is 4. The van der Waals surface area contributed by atoms with Gasteiger partial charge in [0.05, 0.1) is 75.3 Å². The predicted molar refractivity (Wildman–Crippen MR) is 272 cm³/mol. The lowest BCUT2D eigenvalue weighted by Crippen LogP contribution is -1.95. The Hall–Kier alpha value is -8.24.